The van der Waals surface area contributed by atoms with Crippen LogP contribution in [0.1, 0.15) is 12.0 Å². The number of benzene rings is 1. The molecule has 1 aliphatic rings. The first-order chi connectivity index (χ1) is 9.45. The third-order valence-corrected chi connectivity index (χ3v) is 3.16. The molecule has 0 saturated carbocycles. The minimum absolute atomic E-state index is 0.0428. The van der Waals surface area contributed by atoms with Gasteiger partial charge in [-0.3, -0.25) is 14.9 Å². The molecule has 7 nitrogen and oxygen atoms in total. The van der Waals surface area contributed by atoms with Crippen LogP contribution in [-0.2, 0) is 9.53 Å². The standard InChI is InChI=1S/C13H16N2O5/c1-9-4-10(6-11(5-9)15(18)19)14-2-3-20-12(8-14)7-13(16)17/h4-6,12H,2-3,7-8H2,1H3,(H,16,17). The van der Waals surface area contributed by atoms with E-state index in [4.69, 9.17) is 9.84 Å². The van der Waals surface area contributed by atoms with E-state index in [0.717, 1.165) is 11.3 Å². The molecule has 1 fully saturated rings. The van der Waals surface area contributed by atoms with Crippen molar-refractivity contribution in [3.05, 3.63) is 33.9 Å². The predicted molar refractivity (Wildman–Crippen MR) is 72.0 cm³/mol. The van der Waals surface area contributed by atoms with Crippen LogP contribution in [-0.4, -0.2) is 41.8 Å². The van der Waals surface area contributed by atoms with Crippen LogP contribution in [0.25, 0.3) is 0 Å². The molecule has 0 aliphatic carbocycles. The van der Waals surface area contributed by atoms with Gasteiger partial charge >= 0.3 is 5.97 Å². The topological polar surface area (TPSA) is 92.9 Å². The number of hydrogen-bond donors (Lipinski definition) is 1. The van der Waals surface area contributed by atoms with Crippen molar-refractivity contribution in [3.8, 4) is 0 Å². The molecule has 20 heavy (non-hydrogen) atoms. The van der Waals surface area contributed by atoms with Gasteiger partial charge in [0.05, 0.1) is 24.1 Å². The summed E-state index contributed by atoms with van der Waals surface area (Å²) in [5.74, 6) is -0.910. The summed E-state index contributed by atoms with van der Waals surface area (Å²) in [6, 6.07) is 4.88. The van der Waals surface area contributed by atoms with Crippen LogP contribution in [0.3, 0.4) is 0 Å². The maximum absolute atomic E-state index is 10.9. The number of non-ortho nitro benzene ring substituents is 1. The number of aryl methyl sites for hydroxylation is 1. The Morgan fingerprint density at radius 2 is 2.30 bits per heavy atom. The van der Waals surface area contributed by atoms with Gasteiger partial charge < -0.3 is 14.7 Å². The number of rotatable bonds is 4. The number of carboxylic acid groups (broad SMARTS) is 1. The van der Waals surface area contributed by atoms with Crippen LogP contribution in [0.4, 0.5) is 11.4 Å². The molecule has 1 heterocycles. The fourth-order valence-electron chi connectivity index (χ4n) is 2.30. The zero-order valence-electron chi connectivity index (χ0n) is 11.1. The summed E-state index contributed by atoms with van der Waals surface area (Å²) in [4.78, 5) is 23.1. The van der Waals surface area contributed by atoms with Gasteiger partial charge in [0.15, 0.2) is 0 Å². The van der Waals surface area contributed by atoms with Gasteiger partial charge in [-0.1, -0.05) is 0 Å². The largest absolute Gasteiger partial charge is 0.481 e. The second-order valence-corrected chi connectivity index (χ2v) is 4.82. The molecule has 0 bridgehead atoms. The lowest BCUT2D eigenvalue weighted by Gasteiger charge is -2.34. The molecule has 1 unspecified atom stereocenters. The van der Waals surface area contributed by atoms with Crippen molar-refractivity contribution in [2.24, 2.45) is 0 Å². The summed E-state index contributed by atoms with van der Waals surface area (Å²) >= 11 is 0. The average Bonchev–Trinajstić information content (AvgIpc) is 2.37. The van der Waals surface area contributed by atoms with Crippen LogP contribution in [0, 0.1) is 17.0 Å². The molecular formula is C13H16N2O5. The van der Waals surface area contributed by atoms with Gasteiger partial charge in [-0.2, -0.15) is 0 Å². The highest BCUT2D eigenvalue weighted by Crippen LogP contribution is 2.25. The number of carbonyl (C=O) groups is 1. The number of nitro benzene ring substituents is 1. The van der Waals surface area contributed by atoms with Gasteiger partial charge in [-0.05, 0) is 18.6 Å². The number of aliphatic carboxylic acids is 1. The van der Waals surface area contributed by atoms with E-state index in [9.17, 15) is 14.9 Å². The van der Waals surface area contributed by atoms with Gasteiger partial charge in [-0.15, -0.1) is 0 Å². The molecule has 1 aromatic carbocycles. The van der Waals surface area contributed by atoms with Crippen LogP contribution in [0.15, 0.2) is 18.2 Å². The number of morpholine rings is 1. The van der Waals surface area contributed by atoms with E-state index in [1.165, 1.54) is 12.1 Å². The quantitative estimate of drug-likeness (QED) is 0.665. The van der Waals surface area contributed by atoms with Gasteiger partial charge in [0, 0.05) is 30.9 Å². The van der Waals surface area contributed by atoms with Crippen molar-refractivity contribution < 1.29 is 19.6 Å². The molecule has 2 rings (SSSR count). The molecule has 1 atom stereocenters. The number of hydrogen-bond acceptors (Lipinski definition) is 5. The number of anilines is 1. The molecule has 1 aromatic rings. The van der Waals surface area contributed by atoms with E-state index in [2.05, 4.69) is 0 Å². The molecular weight excluding hydrogens is 264 g/mol. The number of nitro groups is 1. The molecule has 0 amide bonds. The Balaban J connectivity index is 2.18. The second kappa shape index (κ2) is 5.87. The number of nitrogens with zero attached hydrogens (tertiary/aromatic N) is 2. The van der Waals surface area contributed by atoms with Crippen LogP contribution in [0.5, 0.6) is 0 Å². The first-order valence-electron chi connectivity index (χ1n) is 6.30. The zero-order valence-corrected chi connectivity index (χ0v) is 11.1. The molecule has 0 radical (unpaired) electrons. The van der Waals surface area contributed by atoms with Gasteiger partial charge in [-0.25, -0.2) is 0 Å². The van der Waals surface area contributed by atoms with Crippen LogP contribution < -0.4 is 4.90 Å². The Bertz CT molecular complexity index is 531. The van der Waals surface area contributed by atoms with Crippen molar-refractivity contribution in [1.29, 1.82) is 0 Å². The van der Waals surface area contributed by atoms with E-state index in [-0.39, 0.29) is 18.2 Å². The lowest BCUT2D eigenvalue weighted by Crippen LogP contribution is -2.43. The zero-order chi connectivity index (χ0) is 14.7. The van der Waals surface area contributed by atoms with Gasteiger partial charge in [0.2, 0.25) is 0 Å². The normalized spacial score (nSPS) is 18.9. The van der Waals surface area contributed by atoms with Crippen LogP contribution >= 0.6 is 0 Å². The summed E-state index contributed by atoms with van der Waals surface area (Å²) in [6.45, 7) is 3.23. The summed E-state index contributed by atoms with van der Waals surface area (Å²) in [7, 11) is 0. The van der Waals surface area contributed by atoms with E-state index in [1.807, 2.05) is 11.0 Å². The smallest absolute Gasteiger partial charge is 0.306 e. The fourth-order valence-corrected chi connectivity index (χ4v) is 2.30. The van der Waals surface area contributed by atoms with Crippen molar-refractivity contribution >= 4 is 17.3 Å². The van der Waals surface area contributed by atoms with Gasteiger partial charge in [0.25, 0.3) is 5.69 Å². The summed E-state index contributed by atoms with van der Waals surface area (Å²) in [5.41, 5.74) is 1.58. The second-order valence-electron chi connectivity index (χ2n) is 4.82. The molecule has 1 aliphatic heterocycles. The Labute approximate surface area is 115 Å². The number of ether oxygens (including phenoxy) is 1. The lowest BCUT2D eigenvalue weighted by molar-refractivity contribution is -0.384. The average molecular weight is 280 g/mol. The highest BCUT2D eigenvalue weighted by atomic mass is 16.6. The van der Waals surface area contributed by atoms with E-state index >= 15 is 0 Å². The van der Waals surface area contributed by atoms with E-state index in [1.54, 1.807) is 6.92 Å². The lowest BCUT2D eigenvalue weighted by atomic mass is 10.1. The predicted octanol–water partition coefficient (Wildman–Crippen LogP) is 1.58. The molecule has 1 N–H and O–H groups in total. The molecule has 108 valence electrons. The monoisotopic (exact) mass is 280 g/mol. The summed E-state index contributed by atoms with van der Waals surface area (Å²) in [6.07, 6.45) is -0.453. The molecule has 1 saturated heterocycles. The minimum atomic E-state index is -0.910. The highest BCUT2D eigenvalue weighted by Gasteiger charge is 2.24. The maximum Gasteiger partial charge on any atom is 0.306 e. The Morgan fingerprint density at radius 3 is 2.95 bits per heavy atom. The molecule has 0 aromatic heterocycles. The highest BCUT2D eigenvalue weighted by molar-refractivity contribution is 5.67. The van der Waals surface area contributed by atoms with Crippen molar-refractivity contribution in [2.45, 2.75) is 19.4 Å². The third-order valence-electron chi connectivity index (χ3n) is 3.16. The molecule has 0 spiro atoms. The van der Waals surface area contributed by atoms with E-state index < -0.39 is 10.9 Å². The SMILES string of the molecule is Cc1cc(N2CCOC(CC(=O)O)C2)cc([N+](=O)[O-])c1. The van der Waals surface area contributed by atoms with Gasteiger partial charge in [0.1, 0.15) is 0 Å². The third kappa shape index (κ3) is 3.45. The van der Waals surface area contributed by atoms with E-state index in [0.29, 0.717) is 19.7 Å². The first-order valence-corrected chi connectivity index (χ1v) is 6.30. The van der Waals surface area contributed by atoms with Crippen LogP contribution in [0.2, 0.25) is 0 Å². The molecule has 7 heteroatoms. The Hall–Kier alpha value is -2.15. The van der Waals surface area contributed by atoms with Crippen molar-refractivity contribution in [2.75, 3.05) is 24.6 Å². The minimum Gasteiger partial charge on any atom is -0.481 e. The summed E-state index contributed by atoms with van der Waals surface area (Å²) in [5, 5.41) is 19.7. The fraction of sp³-hybridized carbons (Fsp3) is 0.462. The summed E-state index contributed by atoms with van der Waals surface area (Å²) < 4.78 is 5.39. The van der Waals surface area contributed by atoms with Crippen molar-refractivity contribution in [3.63, 3.8) is 0 Å². The Kier molecular flexibility index (Phi) is 4.19. The number of carboxylic acids is 1. The van der Waals surface area contributed by atoms with Crippen molar-refractivity contribution in [1.82, 2.24) is 0 Å². The maximum atomic E-state index is 10.9. The first kappa shape index (κ1) is 14.3. The Morgan fingerprint density at radius 1 is 1.55 bits per heavy atom.